The number of pyridine rings is 1. The Kier molecular flexibility index (Phi) is 3.99. The molecule has 2 N–H and O–H groups in total. The molecular formula is C13H18F3N3. The van der Waals surface area contributed by atoms with Crippen LogP contribution in [-0.4, -0.2) is 24.1 Å². The number of hydrogen-bond acceptors (Lipinski definition) is 3. The third kappa shape index (κ3) is 3.18. The van der Waals surface area contributed by atoms with Gasteiger partial charge in [0.25, 0.3) is 0 Å². The molecule has 0 saturated heterocycles. The van der Waals surface area contributed by atoms with Crippen LogP contribution in [0.4, 0.5) is 19.0 Å². The predicted molar refractivity (Wildman–Crippen MR) is 67.9 cm³/mol. The maximum Gasteiger partial charge on any atom is 0.416 e. The third-order valence-electron chi connectivity index (χ3n) is 3.71. The van der Waals surface area contributed by atoms with Crippen molar-refractivity contribution in [3.05, 3.63) is 23.9 Å². The van der Waals surface area contributed by atoms with E-state index < -0.39 is 11.7 Å². The second kappa shape index (κ2) is 5.36. The van der Waals surface area contributed by atoms with Crippen molar-refractivity contribution in [1.29, 1.82) is 0 Å². The maximum absolute atomic E-state index is 12.7. The van der Waals surface area contributed by atoms with Crippen molar-refractivity contribution in [1.82, 2.24) is 4.98 Å². The highest BCUT2D eigenvalue weighted by Gasteiger charge is 2.32. The quantitative estimate of drug-likeness (QED) is 0.901. The number of hydrogen-bond donors (Lipinski definition) is 1. The van der Waals surface area contributed by atoms with Gasteiger partial charge in [0.15, 0.2) is 0 Å². The molecule has 1 heterocycles. The SMILES string of the molecule is CN(c1cc(C(F)(F)F)ccn1)C1CCCCC1N. The Hall–Kier alpha value is -1.30. The highest BCUT2D eigenvalue weighted by molar-refractivity contribution is 5.42. The van der Waals surface area contributed by atoms with Gasteiger partial charge in [0, 0.05) is 25.3 Å². The van der Waals surface area contributed by atoms with E-state index in [9.17, 15) is 13.2 Å². The van der Waals surface area contributed by atoms with Gasteiger partial charge < -0.3 is 10.6 Å². The average Bonchev–Trinajstić information content (AvgIpc) is 2.38. The maximum atomic E-state index is 12.7. The number of halogens is 3. The number of anilines is 1. The van der Waals surface area contributed by atoms with Crippen LogP contribution in [0.2, 0.25) is 0 Å². The van der Waals surface area contributed by atoms with Crippen LogP contribution in [0, 0.1) is 0 Å². The standard InChI is InChI=1S/C13H18F3N3/c1-19(11-5-3-2-4-10(11)17)12-8-9(6-7-18-12)13(14,15)16/h6-8,10-11H,2-5,17H2,1H3. The highest BCUT2D eigenvalue weighted by atomic mass is 19.4. The molecule has 0 amide bonds. The minimum atomic E-state index is -4.34. The minimum absolute atomic E-state index is 0.00454. The fourth-order valence-corrected chi connectivity index (χ4v) is 2.58. The Bertz CT molecular complexity index is 433. The van der Waals surface area contributed by atoms with Gasteiger partial charge in [-0.15, -0.1) is 0 Å². The molecule has 1 aliphatic rings. The summed E-state index contributed by atoms with van der Waals surface area (Å²) in [6.07, 6.45) is 0.809. The summed E-state index contributed by atoms with van der Waals surface area (Å²) >= 11 is 0. The fourth-order valence-electron chi connectivity index (χ4n) is 2.58. The average molecular weight is 273 g/mol. The molecule has 1 aromatic heterocycles. The molecule has 0 bridgehead atoms. The van der Waals surface area contributed by atoms with Gasteiger partial charge in [-0.05, 0) is 25.0 Å². The van der Waals surface area contributed by atoms with E-state index >= 15 is 0 Å². The number of alkyl halides is 3. The van der Waals surface area contributed by atoms with E-state index in [1.165, 1.54) is 6.20 Å². The Morgan fingerprint density at radius 3 is 2.63 bits per heavy atom. The van der Waals surface area contributed by atoms with Crippen LogP contribution in [0.1, 0.15) is 31.2 Å². The predicted octanol–water partition coefficient (Wildman–Crippen LogP) is 2.81. The molecule has 3 nitrogen and oxygen atoms in total. The normalized spacial score (nSPS) is 24.3. The Morgan fingerprint density at radius 1 is 1.32 bits per heavy atom. The lowest BCUT2D eigenvalue weighted by Crippen LogP contribution is -2.48. The van der Waals surface area contributed by atoms with E-state index in [1.54, 1.807) is 11.9 Å². The molecule has 1 aromatic rings. The molecule has 2 unspecified atom stereocenters. The summed E-state index contributed by atoms with van der Waals surface area (Å²) < 4.78 is 38.0. The summed E-state index contributed by atoms with van der Waals surface area (Å²) in [5.41, 5.74) is 5.38. The van der Waals surface area contributed by atoms with Gasteiger partial charge in [-0.2, -0.15) is 13.2 Å². The van der Waals surface area contributed by atoms with Crippen LogP contribution >= 0.6 is 0 Å². The number of nitrogens with zero attached hydrogens (tertiary/aromatic N) is 2. The molecule has 6 heteroatoms. The van der Waals surface area contributed by atoms with E-state index in [1.807, 2.05) is 0 Å². The van der Waals surface area contributed by atoms with E-state index in [4.69, 9.17) is 5.73 Å². The van der Waals surface area contributed by atoms with Gasteiger partial charge >= 0.3 is 6.18 Å². The number of aromatic nitrogens is 1. The van der Waals surface area contributed by atoms with Crippen molar-refractivity contribution < 1.29 is 13.2 Å². The lowest BCUT2D eigenvalue weighted by atomic mass is 9.90. The summed E-state index contributed by atoms with van der Waals surface area (Å²) in [5, 5.41) is 0. The summed E-state index contributed by atoms with van der Waals surface area (Å²) in [4.78, 5) is 5.81. The second-order valence-electron chi connectivity index (χ2n) is 5.03. The summed E-state index contributed by atoms with van der Waals surface area (Å²) in [7, 11) is 1.76. The first kappa shape index (κ1) is 14.1. The minimum Gasteiger partial charge on any atom is -0.355 e. The Morgan fingerprint density at radius 2 is 2.00 bits per heavy atom. The highest BCUT2D eigenvalue weighted by Crippen LogP contribution is 2.32. The van der Waals surface area contributed by atoms with Gasteiger partial charge in [0.1, 0.15) is 5.82 Å². The zero-order valence-electron chi connectivity index (χ0n) is 10.8. The Labute approximate surface area is 110 Å². The number of rotatable bonds is 2. The van der Waals surface area contributed by atoms with Gasteiger partial charge in [-0.3, -0.25) is 0 Å². The first-order valence-corrected chi connectivity index (χ1v) is 6.41. The first-order valence-electron chi connectivity index (χ1n) is 6.41. The van der Waals surface area contributed by atoms with Crippen molar-refractivity contribution in [2.24, 2.45) is 5.73 Å². The molecule has 19 heavy (non-hydrogen) atoms. The largest absolute Gasteiger partial charge is 0.416 e. The van der Waals surface area contributed by atoms with Gasteiger partial charge in [0.05, 0.1) is 5.56 Å². The molecule has 0 aliphatic heterocycles. The zero-order chi connectivity index (χ0) is 14.0. The van der Waals surface area contributed by atoms with E-state index in [0.29, 0.717) is 5.82 Å². The molecule has 0 aromatic carbocycles. The summed E-state index contributed by atoms with van der Waals surface area (Å²) in [5.74, 6) is 0.331. The molecule has 1 fully saturated rings. The van der Waals surface area contributed by atoms with E-state index in [0.717, 1.165) is 37.8 Å². The van der Waals surface area contributed by atoms with E-state index in [-0.39, 0.29) is 12.1 Å². The first-order chi connectivity index (χ1) is 8.89. The van der Waals surface area contributed by atoms with E-state index in [2.05, 4.69) is 4.98 Å². The lowest BCUT2D eigenvalue weighted by Gasteiger charge is -2.36. The monoisotopic (exact) mass is 273 g/mol. The van der Waals surface area contributed by atoms with Crippen LogP contribution in [0.25, 0.3) is 0 Å². The van der Waals surface area contributed by atoms with Crippen molar-refractivity contribution in [3.8, 4) is 0 Å². The van der Waals surface area contributed by atoms with Crippen LogP contribution < -0.4 is 10.6 Å². The van der Waals surface area contributed by atoms with Crippen LogP contribution in [0.15, 0.2) is 18.3 Å². The Balaban J connectivity index is 2.21. The van der Waals surface area contributed by atoms with Crippen LogP contribution in [-0.2, 0) is 6.18 Å². The molecule has 0 spiro atoms. The molecule has 0 radical (unpaired) electrons. The van der Waals surface area contributed by atoms with Gasteiger partial charge in [-0.1, -0.05) is 12.8 Å². The van der Waals surface area contributed by atoms with Crippen molar-refractivity contribution >= 4 is 5.82 Å². The van der Waals surface area contributed by atoms with Gasteiger partial charge in [-0.25, -0.2) is 4.98 Å². The second-order valence-corrected chi connectivity index (χ2v) is 5.03. The fraction of sp³-hybridized carbons (Fsp3) is 0.615. The smallest absolute Gasteiger partial charge is 0.355 e. The van der Waals surface area contributed by atoms with Crippen molar-refractivity contribution in [3.63, 3.8) is 0 Å². The molecule has 2 atom stereocenters. The van der Waals surface area contributed by atoms with Crippen LogP contribution in [0.5, 0.6) is 0 Å². The number of likely N-dealkylation sites (N-methyl/N-ethyl adjacent to an activating group) is 1. The molecule has 1 aliphatic carbocycles. The summed E-state index contributed by atoms with van der Waals surface area (Å²) in [6, 6.07) is 2.12. The zero-order valence-corrected chi connectivity index (χ0v) is 10.8. The van der Waals surface area contributed by atoms with Gasteiger partial charge in [0.2, 0.25) is 0 Å². The lowest BCUT2D eigenvalue weighted by molar-refractivity contribution is -0.137. The molecule has 2 rings (SSSR count). The molecule has 106 valence electrons. The topological polar surface area (TPSA) is 42.2 Å². The van der Waals surface area contributed by atoms with Crippen molar-refractivity contribution in [2.45, 2.75) is 43.9 Å². The molecular weight excluding hydrogens is 255 g/mol. The number of nitrogens with two attached hydrogens (primary N) is 1. The summed E-state index contributed by atoms with van der Waals surface area (Å²) in [6.45, 7) is 0. The molecule has 1 saturated carbocycles. The van der Waals surface area contributed by atoms with Crippen molar-refractivity contribution in [2.75, 3.05) is 11.9 Å². The van der Waals surface area contributed by atoms with Crippen LogP contribution in [0.3, 0.4) is 0 Å². The third-order valence-corrected chi connectivity index (χ3v) is 3.71.